The molecule has 72 valence electrons. The van der Waals surface area contributed by atoms with Crippen LogP contribution in [0.1, 0.15) is 24.2 Å². The van der Waals surface area contributed by atoms with Gasteiger partial charge in [-0.15, -0.1) is 0 Å². The van der Waals surface area contributed by atoms with Crippen molar-refractivity contribution in [1.82, 2.24) is 10.3 Å². The third kappa shape index (κ3) is 1.01. The number of benzene rings is 1. The van der Waals surface area contributed by atoms with Crippen LogP contribution in [0.3, 0.4) is 0 Å². The molecule has 0 saturated carbocycles. The summed E-state index contributed by atoms with van der Waals surface area (Å²) in [7, 11) is 0. The second-order valence-electron chi connectivity index (χ2n) is 3.99. The average molecular weight is 186 g/mol. The highest BCUT2D eigenvalue weighted by atomic mass is 15.0. The van der Waals surface area contributed by atoms with Gasteiger partial charge in [0, 0.05) is 22.6 Å². The van der Waals surface area contributed by atoms with Crippen molar-refractivity contribution in [3.8, 4) is 0 Å². The fraction of sp³-hybridized carbons (Fsp3) is 0.333. The third-order valence-corrected chi connectivity index (χ3v) is 3.11. The van der Waals surface area contributed by atoms with Gasteiger partial charge in [0.1, 0.15) is 0 Å². The molecule has 2 nitrogen and oxygen atoms in total. The van der Waals surface area contributed by atoms with E-state index in [4.69, 9.17) is 0 Å². The lowest BCUT2D eigenvalue weighted by atomic mass is 10.0. The van der Waals surface area contributed by atoms with Crippen LogP contribution in [0.5, 0.6) is 0 Å². The van der Waals surface area contributed by atoms with Gasteiger partial charge >= 0.3 is 0 Å². The van der Waals surface area contributed by atoms with Crippen LogP contribution in [0.2, 0.25) is 0 Å². The van der Waals surface area contributed by atoms with Gasteiger partial charge < -0.3 is 10.3 Å². The number of fused-ring (bicyclic) bond motifs is 3. The Morgan fingerprint density at radius 1 is 1.29 bits per heavy atom. The summed E-state index contributed by atoms with van der Waals surface area (Å²) in [6.45, 7) is 3.31. The van der Waals surface area contributed by atoms with E-state index in [9.17, 15) is 0 Å². The van der Waals surface area contributed by atoms with E-state index < -0.39 is 0 Å². The zero-order chi connectivity index (χ0) is 9.54. The van der Waals surface area contributed by atoms with Gasteiger partial charge in [-0.2, -0.15) is 0 Å². The van der Waals surface area contributed by atoms with Crippen LogP contribution in [0.15, 0.2) is 24.3 Å². The number of aromatic amines is 1. The van der Waals surface area contributed by atoms with Crippen LogP contribution in [0.4, 0.5) is 0 Å². The molecule has 3 rings (SSSR count). The molecule has 0 aliphatic carbocycles. The van der Waals surface area contributed by atoms with Crippen molar-refractivity contribution < 1.29 is 0 Å². The molecule has 2 heterocycles. The molecule has 2 heteroatoms. The van der Waals surface area contributed by atoms with E-state index in [-0.39, 0.29) is 0 Å². The predicted octanol–water partition coefficient (Wildman–Crippen LogP) is 2.37. The minimum Gasteiger partial charge on any atom is -0.357 e. The molecular weight excluding hydrogens is 172 g/mol. The van der Waals surface area contributed by atoms with Gasteiger partial charge in [-0.05, 0) is 31.5 Å². The molecule has 0 fully saturated rings. The minimum atomic E-state index is 0.464. The highest BCUT2D eigenvalue weighted by Crippen LogP contribution is 2.29. The smallest absolute Gasteiger partial charge is 0.0459 e. The van der Waals surface area contributed by atoms with E-state index in [1.807, 2.05) is 0 Å². The van der Waals surface area contributed by atoms with E-state index in [0.29, 0.717) is 6.04 Å². The molecule has 1 aliphatic rings. The molecule has 2 N–H and O–H groups in total. The third-order valence-electron chi connectivity index (χ3n) is 3.11. The molecule has 0 saturated heterocycles. The molecule has 0 radical (unpaired) electrons. The van der Waals surface area contributed by atoms with Gasteiger partial charge in [-0.1, -0.05) is 18.2 Å². The van der Waals surface area contributed by atoms with Crippen molar-refractivity contribution in [2.45, 2.75) is 19.4 Å². The van der Waals surface area contributed by atoms with Crippen LogP contribution in [0.25, 0.3) is 10.9 Å². The summed E-state index contributed by atoms with van der Waals surface area (Å²) < 4.78 is 0. The van der Waals surface area contributed by atoms with E-state index in [2.05, 4.69) is 41.5 Å². The predicted molar refractivity (Wildman–Crippen MR) is 58.4 cm³/mol. The Bertz CT molecular complexity index is 470. The van der Waals surface area contributed by atoms with Crippen molar-refractivity contribution in [2.75, 3.05) is 6.54 Å². The number of rotatable bonds is 0. The number of H-pyrrole nitrogens is 1. The van der Waals surface area contributed by atoms with Gasteiger partial charge in [0.2, 0.25) is 0 Å². The number of para-hydroxylation sites is 1. The number of hydrogen-bond acceptors (Lipinski definition) is 1. The van der Waals surface area contributed by atoms with E-state index in [0.717, 1.165) is 13.0 Å². The van der Waals surface area contributed by atoms with Gasteiger partial charge in [0.05, 0.1) is 0 Å². The Morgan fingerprint density at radius 2 is 2.14 bits per heavy atom. The van der Waals surface area contributed by atoms with Crippen LogP contribution < -0.4 is 5.32 Å². The van der Waals surface area contributed by atoms with E-state index in [1.165, 1.54) is 22.2 Å². The van der Waals surface area contributed by atoms with Crippen molar-refractivity contribution in [3.05, 3.63) is 35.5 Å². The topological polar surface area (TPSA) is 27.8 Å². The van der Waals surface area contributed by atoms with Crippen LogP contribution in [-0.4, -0.2) is 11.5 Å². The lowest BCUT2D eigenvalue weighted by molar-refractivity contribution is 0.533. The second kappa shape index (κ2) is 2.85. The molecule has 1 atom stereocenters. The van der Waals surface area contributed by atoms with Gasteiger partial charge in [0.25, 0.3) is 0 Å². The molecule has 0 bridgehead atoms. The SMILES string of the molecule is C[C@@H]1NCCc2c1[nH]c1ccccc21. The fourth-order valence-corrected chi connectivity index (χ4v) is 2.38. The van der Waals surface area contributed by atoms with Gasteiger partial charge in [-0.3, -0.25) is 0 Å². The molecule has 14 heavy (non-hydrogen) atoms. The summed E-state index contributed by atoms with van der Waals surface area (Å²) in [5.41, 5.74) is 4.15. The first-order chi connectivity index (χ1) is 6.86. The Balaban J connectivity index is 2.32. The molecule has 0 spiro atoms. The molecule has 0 unspecified atom stereocenters. The molecule has 1 aliphatic heterocycles. The summed E-state index contributed by atoms with van der Waals surface area (Å²) in [6.07, 6.45) is 1.14. The van der Waals surface area contributed by atoms with Crippen LogP contribution in [-0.2, 0) is 6.42 Å². The first-order valence-electron chi connectivity index (χ1n) is 5.19. The lowest BCUT2D eigenvalue weighted by Gasteiger charge is -2.20. The van der Waals surface area contributed by atoms with Crippen LogP contribution >= 0.6 is 0 Å². The first-order valence-corrected chi connectivity index (χ1v) is 5.19. The van der Waals surface area contributed by atoms with E-state index >= 15 is 0 Å². The van der Waals surface area contributed by atoms with Crippen LogP contribution in [0, 0.1) is 0 Å². The Morgan fingerprint density at radius 3 is 3.07 bits per heavy atom. The highest BCUT2D eigenvalue weighted by Gasteiger charge is 2.19. The average Bonchev–Trinajstić information content (AvgIpc) is 2.59. The highest BCUT2D eigenvalue weighted by molar-refractivity contribution is 5.85. The van der Waals surface area contributed by atoms with Crippen molar-refractivity contribution >= 4 is 10.9 Å². The maximum Gasteiger partial charge on any atom is 0.0459 e. The monoisotopic (exact) mass is 186 g/mol. The van der Waals surface area contributed by atoms with Crippen molar-refractivity contribution in [2.24, 2.45) is 0 Å². The molecule has 1 aromatic carbocycles. The summed E-state index contributed by atoms with van der Waals surface area (Å²) in [4.78, 5) is 3.50. The largest absolute Gasteiger partial charge is 0.357 e. The quantitative estimate of drug-likeness (QED) is 0.649. The zero-order valence-electron chi connectivity index (χ0n) is 8.30. The minimum absolute atomic E-state index is 0.464. The summed E-state index contributed by atoms with van der Waals surface area (Å²) in [5, 5.41) is 4.87. The molecule has 1 aromatic heterocycles. The van der Waals surface area contributed by atoms with E-state index in [1.54, 1.807) is 0 Å². The number of aromatic nitrogens is 1. The van der Waals surface area contributed by atoms with Crippen molar-refractivity contribution in [1.29, 1.82) is 0 Å². The Labute approximate surface area is 83.3 Å². The number of nitrogens with one attached hydrogen (secondary N) is 2. The van der Waals surface area contributed by atoms with Gasteiger partial charge in [-0.25, -0.2) is 0 Å². The van der Waals surface area contributed by atoms with Crippen molar-refractivity contribution in [3.63, 3.8) is 0 Å². The fourth-order valence-electron chi connectivity index (χ4n) is 2.38. The van der Waals surface area contributed by atoms with Gasteiger partial charge in [0.15, 0.2) is 0 Å². The Kier molecular flexibility index (Phi) is 1.64. The summed E-state index contributed by atoms with van der Waals surface area (Å²) in [5.74, 6) is 0. The second-order valence-corrected chi connectivity index (χ2v) is 3.99. The Hall–Kier alpha value is -1.28. The molecular formula is C12H14N2. The normalized spacial score (nSPS) is 21.1. The summed E-state index contributed by atoms with van der Waals surface area (Å²) >= 11 is 0. The standard InChI is InChI=1S/C12H14N2/c1-8-12-10(6-7-13-8)9-4-2-3-5-11(9)14-12/h2-5,8,13-14H,6-7H2,1H3/t8-/m0/s1. The summed E-state index contributed by atoms with van der Waals surface area (Å²) in [6, 6.07) is 9.03. The molecule has 0 amide bonds. The first kappa shape index (κ1) is 8.06. The maximum absolute atomic E-state index is 3.50. The number of hydrogen-bond donors (Lipinski definition) is 2. The molecule has 2 aromatic rings. The maximum atomic E-state index is 3.50. The zero-order valence-corrected chi connectivity index (χ0v) is 8.30. The lowest BCUT2D eigenvalue weighted by Crippen LogP contribution is -2.27.